The van der Waals surface area contributed by atoms with Crippen molar-refractivity contribution in [2.24, 2.45) is 0 Å². The normalized spacial score (nSPS) is 10.3. The summed E-state index contributed by atoms with van der Waals surface area (Å²) < 4.78 is 0.893. The van der Waals surface area contributed by atoms with E-state index in [1.165, 1.54) is 6.07 Å². The van der Waals surface area contributed by atoms with Crippen LogP contribution in [0.3, 0.4) is 0 Å². The fourth-order valence-corrected chi connectivity index (χ4v) is 2.68. The molecule has 0 atom stereocenters. The summed E-state index contributed by atoms with van der Waals surface area (Å²) in [6, 6.07) is 10.3. The van der Waals surface area contributed by atoms with Gasteiger partial charge in [0.25, 0.3) is 0 Å². The Balaban J connectivity index is 2.15. The molecular formula is C14H10BrCl2NO2. The van der Waals surface area contributed by atoms with Crippen LogP contribution in [0.1, 0.15) is 15.9 Å². The number of carbonyl (C=O) groups is 1. The zero-order valence-electron chi connectivity index (χ0n) is 10.2. The number of carboxylic acid groups (broad SMARTS) is 1. The summed E-state index contributed by atoms with van der Waals surface area (Å²) in [5.41, 5.74) is 1.78. The molecular weight excluding hydrogens is 365 g/mol. The van der Waals surface area contributed by atoms with E-state index in [9.17, 15) is 4.79 Å². The van der Waals surface area contributed by atoms with Crippen LogP contribution in [-0.2, 0) is 6.54 Å². The van der Waals surface area contributed by atoms with E-state index >= 15 is 0 Å². The van der Waals surface area contributed by atoms with Crippen LogP contribution in [0.25, 0.3) is 0 Å². The number of anilines is 1. The highest BCUT2D eigenvalue weighted by Crippen LogP contribution is 2.24. The monoisotopic (exact) mass is 373 g/mol. The minimum atomic E-state index is -1.05. The van der Waals surface area contributed by atoms with E-state index in [1.54, 1.807) is 18.2 Å². The lowest BCUT2D eigenvalue weighted by atomic mass is 10.2. The van der Waals surface area contributed by atoms with Crippen molar-refractivity contribution in [1.29, 1.82) is 0 Å². The van der Waals surface area contributed by atoms with Crippen molar-refractivity contribution in [1.82, 2.24) is 0 Å². The third-order valence-corrected chi connectivity index (χ3v) is 4.00. The van der Waals surface area contributed by atoms with E-state index < -0.39 is 5.97 Å². The van der Waals surface area contributed by atoms with Gasteiger partial charge >= 0.3 is 5.97 Å². The van der Waals surface area contributed by atoms with Crippen LogP contribution in [0.5, 0.6) is 0 Å². The Bertz CT molecular complexity index is 662. The first-order chi connectivity index (χ1) is 9.47. The Kier molecular flexibility index (Phi) is 4.91. The highest BCUT2D eigenvalue weighted by atomic mass is 79.9. The molecule has 0 unspecified atom stereocenters. The third-order valence-electron chi connectivity index (χ3n) is 2.69. The van der Waals surface area contributed by atoms with E-state index in [1.807, 2.05) is 12.1 Å². The topological polar surface area (TPSA) is 49.3 Å². The number of aromatic carboxylic acids is 1. The van der Waals surface area contributed by atoms with Gasteiger partial charge in [0, 0.05) is 21.7 Å². The van der Waals surface area contributed by atoms with Gasteiger partial charge in [0.1, 0.15) is 0 Å². The molecule has 0 heterocycles. The average Bonchev–Trinajstić information content (AvgIpc) is 2.39. The van der Waals surface area contributed by atoms with Crippen LogP contribution in [0.15, 0.2) is 40.9 Å². The predicted molar refractivity (Wildman–Crippen MR) is 84.9 cm³/mol. The van der Waals surface area contributed by atoms with Crippen LogP contribution in [0, 0.1) is 0 Å². The number of halogens is 3. The smallest absolute Gasteiger partial charge is 0.337 e. The quantitative estimate of drug-likeness (QED) is 0.785. The van der Waals surface area contributed by atoms with Gasteiger partial charge in [-0.05, 0) is 35.9 Å². The van der Waals surface area contributed by atoms with Gasteiger partial charge in [-0.25, -0.2) is 4.79 Å². The van der Waals surface area contributed by atoms with Gasteiger partial charge in [-0.15, -0.1) is 0 Å². The van der Waals surface area contributed by atoms with Crippen molar-refractivity contribution in [3.8, 4) is 0 Å². The largest absolute Gasteiger partial charge is 0.478 e. The lowest BCUT2D eigenvalue weighted by molar-refractivity contribution is 0.0697. The first-order valence-electron chi connectivity index (χ1n) is 5.68. The number of carboxylic acids is 1. The van der Waals surface area contributed by atoms with Crippen molar-refractivity contribution in [2.75, 3.05) is 5.32 Å². The molecule has 0 saturated heterocycles. The molecule has 0 fully saturated rings. The predicted octanol–water partition coefficient (Wildman–Crippen LogP) is 5.07. The second-order valence-electron chi connectivity index (χ2n) is 4.09. The summed E-state index contributed by atoms with van der Waals surface area (Å²) in [6.45, 7) is 0.540. The fourth-order valence-electron chi connectivity index (χ4n) is 1.66. The summed E-state index contributed by atoms with van der Waals surface area (Å²) in [4.78, 5) is 11.0. The van der Waals surface area contributed by atoms with Gasteiger partial charge in [0.15, 0.2) is 0 Å². The van der Waals surface area contributed by atoms with Crippen molar-refractivity contribution >= 4 is 50.8 Å². The van der Waals surface area contributed by atoms with Gasteiger partial charge in [-0.1, -0.05) is 45.2 Å². The lowest BCUT2D eigenvalue weighted by Crippen LogP contribution is -2.03. The molecule has 0 aliphatic rings. The SMILES string of the molecule is O=C(O)c1cc(NCc2ccc(Cl)cc2Br)ccc1Cl. The van der Waals surface area contributed by atoms with Crippen LogP contribution in [-0.4, -0.2) is 11.1 Å². The highest BCUT2D eigenvalue weighted by Gasteiger charge is 2.09. The van der Waals surface area contributed by atoms with E-state index in [-0.39, 0.29) is 10.6 Å². The molecule has 20 heavy (non-hydrogen) atoms. The maximum Gasteiger partial charge on any atom is 0.337 e. The average molecular weight is 375 g/mol. The summed E-state index contributed by atoms with van der Waals surface area (Å²) in [6.07, 6.45) is 0. The summed E-state index contributed by atoms with van der Waals surface area (Å²) in [7, 11) is 0. The molecule has 2 rings (SSSR count). The molecule has 3 nitrogen and oxygen atoms in total. The number of hydrogen-bond donors (Lipinski definition) is 2. The maximum absolute atomic E-state index is 11.0. The third kappa shape index (κ3) is 3.66. The fraction of sp³-hybridized carbons (Fsp3) is 0.0714. The molecule has 0 aliphatic carbocycles. The molecule has 104 valence electrons. The maximum atomic E-state index is 11.0. The summed E-state index contributed by atoms with van der Waals surface area (Å²) in [5, 5.41) is 13.0. The first kappa shape index (κ1) is 15.2. The van der Waals surface area contributed by atoms with Crippen molar-refractivity contribution in [3.05, 3.63) is 62.0 Å². The van der Waals surface area contributed by atoms with Crippen LogP contribution in [0.4, 0.5) is 5.69 Å². The van der Waals surface area contributed by atoms with Crippen LogP contribution >= 0.6 is 39.1 Å². The van der Waals surface area contributed by atoms with Crippen molar-refractivity contribution in [2.45, 2.75) is 6.54 Å². The molecule has 0 saturated carbocycles. The zero-order chi connectivity index (χ0) is 14.7. The molecule has 2 aromatic carbocycles. The van der Waals surface area contributed by atoms with Crippen LogP contribution in [0.2, 0.25) is 10.0 Å². The molecule has 6 heteroatoms. The number of rotatable bonds is 4. The van der Waals surface area contributed by atoms with Gasteiger partial charge in [-0.3, -0.25) is 0 Å². The van der Waals surface area contributed by atoms with E-state index in [0.717, 1.165) is 10.0 Å². The standard InChI is InChI=1S/C14H10BrCl2NO2/c15-12-5-9(16)2-1-8(12)7-18-10-3-4-13(17)11(6-10)14(19)20/h1-6,18H,7H2,(H,19,20). The number of benzene rings is 2. The molecule has 0 amide bonds. The Morgan fingerprint density at radius 1 is 1.20 bits per heavy atom. The van der Waals surface area contributed by atoms with Gasteiger partial charge in [0.2, 0.25) is 0 Å². The molecule has 0 aromatic heterocycles. The van der Waals surface area contributed by atoms with E-state index in [4.69, 9.17) is 28.3 Å². The highest BCUT2D eigenvalue weighted by molar-refractivity contribution is 9.10. The molecule has 0 spiro atoms. The molecule has 0 aliphatic heterocycles. The van der Waals surface area contributed by atoms with Gasteiger partial charge in [-0.2, -0.15) is 0 Å². The second-order valence-corrected chi connectivity index (χ2v) is 5.79. The van der Waals surface area contributed by atoms with Crippen LogP contribution < -0.4 is 5.32 Å². The Morgan fingerprint density at radius 3 is 2.60 bits per heavy atom. The summed E-state index contributed by atoms with van der Waals surface area (Å²) in [5.74, 6) is -1.05. The Hall–Kier alpha value is -1.23. The van der Waals surface area contributed by atoms with E-state index in [0.29, 0.717) is 17.3 Å². The minimum Gasteiger partial charge on any atom is -0.478 e. The molecule has 2 aromatic rings. The lowest BCUT2D eigenvalue weighted by Gasteiger charge is -2.10. The second kappa shape index (κ2) is 6.48. The van der Waals surface area contributed by atoms with E-state index in [2.05, 4.69) is 21.2 Å². The summed E-state index contributed by atoms with van der Waals surface area (Å²) >= 11 is 15.1. The van der Waals surface area contributed by atoms with Crippen molar-refractivity contribution < 1.29 is 9.90 Å². The molecule has 2 N–H and O–H groups in total. The number of hydrogen-bond acceptors (Lipinski definition) is 2. The molecule has 0 bridgehead atoms. The first-order valence-corrected chi connectivity index (χ1v) is 7.23. The minimum absolute atomic E-state index is 0.0758. The Morgan fingerprint density at radius 2 is 1.95 bits per heavy atom. The van der Waals surface area contributed by atoms with Gasteiger partial charge < -0.3 is 10.4 Å². The van der Waals surface area contributed by atoms with Gasteiger partial charge in [0.05, 0.1) is 10.6 Å². The van der Waals surface area contributed by atoms with Crippen molar-refractivity contribution in [3.63, 3.8) is 0 Å². The Labute approximate surface area is 134 Å². The zero-order valence-corrected chi connectivity index (χ0v) is 13.3. The number of nitrogens with one attached hydrogen (secondary N) is 1. The molecule has 0 radical (unpaired) electrons.